The van der Waals surface area contributed by atoms with Crippen LogP contribution >= 0.6 is 0 Å². The number of hydrogen-bond acceptors (Lipinski definition) is 0. The van der Waals surface area contributed by atoms with Gasteiger partial charge in [-0.1, -0.05) is 271 Å². The third kappa shape index (κ3) is 7.23. The van der Waals surface area contributed by atoms with Crippen LogP contribution in [0.1, 0.15) is 61.2 Å². The molecule has 0 unspecified atom stereocenters. The molecule has 72 heavy (non-hydrogen) atoms. The van der Waals surface area contributed by atoms with E-state index >= 15 is 0 Å². The second kappa shape index (κ2) is 18.5. The third-order valence-electron chi connectivity index (χ3n) is 15.1. The Bertz CT molecular complexity index is 3740. The molecule has 0 saturated carbocycles. The summed E-state index contributed by atoms with van der Waals surface area (Å²) in [6, 6.07) is 102. The second-order valence-electron chi connectivity index (χ2n) is 19.4. The van der Waals surface area contributed by atoms with Gasteiger partial charge < -0.3 is 4.57 Å². The van der Waals surface area contributed by atoms with Gasteiger partial charge in [-0.15, -0.1) is 0 Å². The Morgan fingerprint density at radius 1 is 0.250 bits per heavy atom. The summed E-state index contributed by atoms with van der Waals surface area (Å²) >= 11 is 0. The number of aryl methyl sites for hydroxylation is 3. The lowest BCUT2D eigenvalue weighted by molar-refractivity contribution is 0.766. The molecule has 0 N–H and O–H groups in total. The van der Waals surface area contributed by atoms with Crippen molar-refractivity contribution in [3.63, 3.8) is 0 Å². The summed E-state index contributed by atoms with van der Waals surface area (Å²) in [4.78, 5) is 0. The van der Waals surface area contributed by atoms with Crippen molar-refractivity contribution >= 4 is 21.8 Å². The van der Waals surface area contributed by atoms with Crippen molar-refractivity contribution in [1.29, 1.82) is 0 Å². The van der Waals surface area contributed by atoms with Crippen LogP contribution in [0.5, 0.6) is 0 Å². The van der Waals surface area contributed by atoms with E-state index in [0.717, 1.165) is 0 Å². The van der Waals surface area contributed by atoms with Crippen LogP contribution in [0.2, 0.25) is 0 Å². The molecule has 0 aliphatic heterocycles. The molecule has 0 spiro atoms. The molecule has 1 nitrogen and oxygen atoms in total. The van der Waals surface area contributed by atoms with Crippen molar-refractivity contribution in [3.05, 3.63) is 340 Å². The van der Waals surface area contributed by atoms with E-state index < -0.39 is 5.41 Å². The van der Waals surface area contributed by atoms with Crippen molar-refractivity contribution in [1.82, 2.24) is 4.57 Å². The molecule has 0 bridgehead atoms. The Kier molecular flexibility index (Phi) is 11.4. The summed E-state index contributed by atoms with van der Waals surface area (Å²) < 4.78 is 2.43. The molecule has 1 aromatic heterocycles. The van der Waals surface area contributed by atoms with Gasteiger partial charge >= 0.3 is 0 Å². The maximum atomic E-state index is 2.45. The number of hydrogen-bond donors (Lipinski definition) is 0. The summed E-state index contributed by atoms with van der Waals surface area (Å²) in [7, 11) is 0. The van der Waals surface area contributed by atoms with E-state index in [-0.39, 0.29) is 5.41 Å². The van der Waals surface area contributed by atoms with Gasteiger partial charge in [0.2, 0.25) is 0 Å². The highest BCUT2D eigenvalue weighted by atomic mass is 15.0. The van der Waals surface area contributed by atoms with Gasteiger partial charge in [0.1, 0.15) is 0 Å². The summed E-state index contributed by atoms with van der Waals surface area (Å²) in [5, 5.41) is 2.56. The van der Waals surface area contributed by atoms with E-state index in [1.54, 1.807) is 0 Å². The molecule has 1 heterocycles. The van der Waals surface area contributed by atoms with Crippen molar-refractivity contribution in [2.75, 3.05) is 0 Å². The minimum absolute atomic E-state index is 0.262. The van der Waals surface area contributed by atoms with Crippen LogP contribution < -0.4 is 0 Å². The zero-order valence-corrected chi connectivity index (χ0v) is 41.0. The number of fused-ring (bicyclic) bond motifs is 9. The van der Waals surface area contributed by atoms with Gasteiger partial charge in [-0.3, -0.25) is 0 Å². The average molecular weight is 922 g/mol. The number of aromatic nitrogens is 1. The van der Waals surface area contributed by atoms with Crippen LogP contribution in [-0.2, 0) is 10.8 Å². The SMILES string of the molecule is Cc1ccc2c(c1)-c1ccccc1C2(c1ccccc1)c1ccccc1.Cc1ccc2c(c1)C(c1ccccc1)(c1ccccc1)c1cc(-n3c4ccccc4c4ccccc43)ccc1-2.Cc1ccccc1. The van der Waals surface area contributed by atoms with E-state index in [9.17, 15) is 0 Å². The van der Waals surface area contributed by atoms with Gasteiger partial charge in [-0.2, -0.15) is 0 Å². The molecule has 0 saturated heterocycles. The Hall–Kier alpha value is -8.78. The van der Waals surface area contributed by atoms with Gasteiger partial charge in [0, 0.05) is 16.5 Å². The van der Waals surface area contributed by atoms with E-state index in [1.165, 1.54) is 111 Å². The van der Waals surface area contributed by atoms with Crippen LogP contribution in [0, 0.1) is 20.8 Å². The summed E-state index contributed by atoms with van der Waals surface area (Å²) in [6.45, 7) is 6.46. The first-order chi connectivity index (χ1) is 35.5. The average Bonchev–Trinajstić information content (AvgIpc) is 4.05. The van der Waals surface area contributed by atoms with Gasteiger partial charge in [-0.25, -0.2) is 0 Å². The van der Waals surface area contributed by atoms with Gasteiger partial charge in [-0.05, 0) is 112 Å². The van der Waals surface area contributed by atoms with Crippen LogP contribution in [-0.4, -0.2) is 4.57 Å². The van der Waals surface area contributed by atoms with E-state index in [0.29, 0.717) is 0 Å². The van der Waals surface area contributed by atoms with Crippen molar-refractivity contribution in [2.24, 2.45) is 0 Å². The van der Waals surface area contributed by atoms with E-state index in [1.807, 2.05) is 18.2 Å². The summed E-state index contributed by atoms with van der Waals surface area (Å²) in [5.74, 6) is 0. The lowest BCUT2D eigenvalue weighted by Crippen LogP contribution is -2.28. The van der Waals surface area contributed by atoms with Crippen molar-refractivity contribution in [2.45, 2.75) is 31.6 Å². The smallest absolute Gasteiger partial charge is 0.0714 e. The molecule has 11 aromatic carbocycles. The maximum absolute atomic E-state index is 2.45. The summed E-state index contributed by atoms with van der Waals surface area (Å²) in [6.07, 6.45) is 0. The lowest BCUT2D eigenvalue weighted by atomic mass is 9.67. The molecule has 14 rings (SSSR count). The highest BCUT2D eigenvalue weighted by molar-refractivity contribution is 6.09. The molecule has 2 aliphatic carbocycles. The topological polar surface area (TPSA) is 4.93 Å². The fourth-order valence-corrected chi connectivity index (χ4v) is 12.0. The first kappa shape index (κ1) is 44.4. The lowest BCUT2D eigenvalue weighted by Gasteiger charge is -2.34. The molecule has 344 valence electrons. The minimum Gasteiger partial charge on any atom is -0.309 e. The first-order valence-corrected chi connectivity index (χ1v) is 25.2. The fourth-order valence-electron chi connectivity index (χ4n) is 12.0. The normalized spacial score (nSPS) is 13.2. The molecule has 0 fully saturated rings. The van der Waals surface area contributed by atoms with E-state index in [4.69, 9.17) is 0 Å². The Morgan fingerprint density at radius 3 is 1.14 bits per heavy atom. The standard InChI is InChI=1S/C38H27N.C26H20.C7H8/c1-26-20-22-30-31-23-21-29(39-36-18-10-8-16-32(36)33-17-9-11-19-37(33)39)25-35(31)38(34(30)24-26,27-12-4-2-5-13-27)28-14-6-3-7-15-28;1-19-16-17-25-23(18-19)22-14-8-9-15-24(22)26(25,20-10-4-2-5-11-20)21-12-6-3-7-13-21;1-7-5-3-2-4-6-7/h2-25H,1H3;2-18H,1H3;2-6H,1H3. The maximum Gasteiger partial charge on any atom is 0.0714 e. The second-order valence-corrected chi connectivity index (χ2v) is 19.4. The number of rotatable bonds is 5. The molecule has 1 heteroatoms. The number of nitrogens with zero attached hydrogens (tertiary/aromatic N) is 1. The Morgan fingerprint density at radius 2 is 0.625 bits per heavy atom. The molecule has 0 radical (unpaired) electrons. The van der Waals surface area contributed by atoms with Crippen LogP contribution in [0.3, 0.4) is 0 Å². The van der Waals surface area contributed by atoms with Crippen LogP contribution in [0.15, 0.2) is 279 Å². The van der Waals surface area contributed by atoms with Crippen LogP contribution in [0.4, 0.5) is 0 Å². The monoisotopic (exact) mass is 921 g/mol. The highest BCUT2D eigenvalue weighted by Gasteiger charge is 2.47. The quantitative estimate of drug-likeness (QED) is 0.162. The fraction of sp³-hybridized carbons (Fsp3) is 0.0704. The molecule has 0 atom stereocenters. The summed E-state index contributed by atoms with van der Waals surface area (Å²) in [5.41, 5.74) is 22.9. The number of para-hydroxylation sites is 2. The first-order valence-electron chi connectivity index (χ1n) is 25.2. The predicted octanol–water partition coefficient (Wildman–Crippen LogP) is 17.8. The molecule has 0 amide bonds. The van der Waals surface area contributed by atoms with Gasteiger partial charge in [0.15, 0.2) is 0 Å². The van der Waals surface area contributed by atoms with Gasteiger partial charge in [0.25, 0.3) is 0 Å². The minimum atomic E-state index is -0.409. The van der Waals surface area contributed by atoms with Crippen molar-refractivity contribution < 1.29 is 0 Å². The zero-order chi connectivity index (χ0) is 48.7. The Labute approximate surface area is 424 Å². The van der Waals surface area contributed by atoms with Gasteiger partial charge in [0.05, 0.1) is 21.9 Å². The third-order valence-corrected chi connectivity index (χ3v) is 15.1. The highest BCUT2D eigenvalue weighted by Crippen LogP contribution is 2.58. The largest absolute Gasteiger partial charge is 0.309 e. The Balaban J connectivity index is 0.000000138. The molecule has 12 aromatic rings. The van der Waals surface area contributed by atoms with Crippen molar-refractivity contribution in [3.8, 4) is 27.9 Å². The molecular weight excluding hydrogens is 867 g/mol. The number of benzene rings is 11. The molecular formula is C71H55N. The van der Waals surface area contributed by atoms with E-state index in [2.05, 4.69) is 286 Å². The zero-order valence-electron chi connectivity index (χ0n) is 41.0. The molecule has 2 aliphatic rings. The van der Waals surface area contributed by atoms with Crippen LogP contribution in [0.25, 0.3) is 49.7 Å². The predicted molar refractivity (Wildman–Crippen MR) is 302 cm³/mol.